The number of hydrogen-bond donors (Lipinski definition) is 1. The van der Waals surface area contributed by atoms with Crippen molar-refractivity contribution < 1.29 is 28.2 Å². The van der Waals surface area contributed by atoms with Gasteiger partial charge >= 0.3 is 11.9 Å². The topological polar surface area (TPSA) is 81.7 Å². The maximum Gasteiger partial charge on any atom is 0.353 e. The molecule has 1 N–H and O–H groups in total. The molecule has 2 atom stereocenters. The van der Waals surface area contributed by atoms with Crippen molar-refractivity contribution in [1.82, 2.24) is 5.32 Å². The first-order chi connectivity index (χ1) is 7.95. The molecule has 0 aromatic carbocycles. The third kappa shape index (κ3) is 2.54. The van der Waals surface area contributed by atoms with Crippen molar-refractivity contribution in [2.75, 3.05) is 13.2 Å². The molecule has 2 unspecified atom stereocenters. The van der Waals surface area contributed by atoms with E-state index in [1.54, 1.807) is 6.92 Å². The highest BCUT2D eigenvalue weighted by Gasteiger charge is 2.57. The number of carbonyl (C=O) groups excluding carboxylic acids is 3. The maximum absolute atomic E-state index is 14.0. The van der Waals surface area contributed by atoms with Crippen molar-refractivity contribution >= 4 is 17.8 Å². The average Bonchev–Trinajstić information content (AvgIpc) is 2.58. The Morgan fingerprint density at radius 1 is 1.41 bits per heavy atom. The van der Waals surface area contributed by atoms with Crippen LogP contribution >= 0.6 is 0 Å². The largest absolute Gasteiger partial charge is 0.464 e. The lowest BCUT2D eigenvalue weighted by Gasteiger charge is -2.13. The molecule has 7 heteroatoms. The summed E-state index contributed by atoms with van der Waals surface area (Å²) >= 11 is 0. The molecule has 0 aromatic rings. The SMILES string of the molecule is CCOC(=O)C1CC(F)(C(=O)OCC)C(=O)N1. The van der Waals surface area contributed by atoms with Gasteiger partial charge in [0.25, 0.3) is 11.6 Å². The van der Waals surface area contributed by atoms with Crippen molar-refractivity contribution in [3.8, 4) is 0 Å². The Labute approximate surface area is 97.4 Å². The number of esters is 2. The Morgan fingerprint density at radius 2 is 2.00 bits per heavy atom. The number of alkyl halides is 1. The van der Waals surface area contributed by atoms with Gasteiger partial charge < -0.3 is 14.8 Å². The molecule has 0 aliphatic carbocycles. The van der Waals surface area contributed by atoms with Crippen LogP contribution in [0, 0.1) is 0 Å². The van der Waals surface area contributed by atoms with Gasteiger partial charge in [-0.05, 0) is 13.8 Å². The zero-order valence-electron chi connectivity index (χ0n) is 9.62. The first kappa shape index (κ1) is 13.4. The predicted molar refractivity (Wildman–Crippen MR) is 53.7 cm³/mol. The van der Waals surface area contributed by atoms with Crippen LogP contribution in [0.25, 0.3) is 0 Å². The third-order valence-electron chi connectivity index (χ3n) is 2.32. The molecule has 0 aromatic heterocycles. The lowest BCUT2D eigenvalue weighted by Crippen LogP contribution is -2.42. The summed E-state index contributed by atoms with van der Waals surface area (Å²) in [5.74, 6) is -3.19. The summed E-state index contributed by atoms with van der Waals surface area (Å²) in [4.78, 5) is 33.9. The second-order valence-corrected chi connectivity index (χ2v) is 3.50. The first-order valence-electron chi connectivity index (χ1n) is 5.29. The van der Waals surface area contributed by atoms with Crippen LogP contribution in [0.4, 0.5) is 4.39 Å². The van der Waals surface area contributed by atoms with Gasteiger partial charge in [-0.3, -0.25) is 4.79 Å². The number of carbonyl (C=O) groups is 3. The van der Waals surface area contributed by atoms with Crippen molar-refractivity contribution in [3.05, 3.63) is 0 Å². The summed E-state index contributed by atoms with van der Waals surface area (Å²) in [7, 11) is 0. The van der Waals surface area contributed by atoms with E-state index in [-0.39, 0.29) is 13.2 Å². The van der Waals surface area contributed by atoms with Gasteiger partial charge in [-0.15, -0.1) is 0 Å². The fraction of sp³-hybridized carbons (Fsp3) is 0.700. The lowest BCUT2D eigenvalue weighted by atomic mass is 10.0. The zero-order chi connectivity index (χ0) is 13.1. The van der Waals surface area contributed by atoms with E-state index in [0.717, 1.165) is 0 Å². The number of nitrogens with one attached hydrogen (secondary N) is 1. The van der Waals surface area contributed by atoms with Gasteiger partial charge in [0.05, 0.1) is 13.2 Å². The Balaban J connectivity index is 2.75. The molecule has 1 saturated heterocycles. The molecule has 1 aliphatic heterocycles. The second kappa shape index (κ2) is 5.11. The molecule has 0 radical (unpaired) electrons. The highest BCUT2D eigenvalue weighted by molar-refractivity contribution is 6.09. The lowest BCUT2D eigenvalue weighted by molar-refractivity contribution is -0.161. The molecule has 1 rings (SSSR count). The number of ether oxygens (including phenoxy) is 2. The minimum Gasteiger partial charge on any atom is -0.464 e. The van der Waals surface area contributed by atoms with E-state index in [1.807, 2.05) is 0 Å². The van der Waals surface area contributed by atoms with E-state index in [2.05, 4.69) is 14.8 Å². The molecular formula is C10H14FNO5. The molecule has 0 spiro atoms. The second-order valence-electron chi connectivity index (χ2n) is 3.50. The number of rotatable bonds is 4. The van der Waals surface area contributed by atoms with Crippen molar-refractivity contribution in [3.63, 3.8) is 0 Å². The molecule has 17 heavy (non-hydrogen) atoms. The Bertz CT molecular complexity index is 346. The summed E-state index contributed by atoms with van der Waals surface area (Å²) < 4.78 is 23.1. The molecule has 0 bridgehead atoms. The van der Waals surface area contributed by atoms with Gasteiger partial charge in [0.1, 0.15) is 6.04 Å². The van der Waals surface area contributed by atoms with Gasteiger partial charge in [0.2, 0.25) is 0 Å². The van der Waals surface area contributed by atoms with Gasteiger partial charge in [0.15, 0.2) is 0 Å². The van der Waals surface area contributed by atoms with Crippen LogP contribution in [0.5, 0.6) is 0 Å². The number of hydrogen-bond acceptors (Lipinski definition) is 5. The summed E-state index contributed by atoms with van der Waals surface area (Å²) in [6.07, 6.45) is -0.594. The summed E-state index contributed by atoms with van der Waals surface area (Å²) in [6, 6.07) is -1.14. The highest BCUT2D eigenvalue weighted by atomic mass is 19.1. The van der Waals surface area contributed by atoms with Gasteiger partial charge in [-0.1, -0.05) is 0 Å². The third-order valence-corrected chi connectivity index (χ3v) is 2.32. The number of halogens is 1. The van der Waals surface area contributed by atoms with Crippen LogP contribution in [0.15, 0.2) is 0 Å². The predicted octanol–water partition coefficient (Wildman–Crippen LogP) is -0.291. The zero-order valence-corrected chi connectivity index (χ0v) is 9.62. The fourth-order valence-corrected chi connectivity index (χ4v) is 1.50. The number of amides is 1. The molecular weight excluding hydrogens is 233 g/mol. The minimum atomic E-state index is -2.80. The van der Waals surface area contributed by atoms with Crippen molar-refractivity contribution in [1.29, 1.82) is 0 Å². The molecule has 1 amide bonds. The molecule has 96 valence electrons. The average molecular weight is 247 g/mol. The normalized spacial score (nSPS) is 27.5. The van der Waals surface area contributed by atoms with E-state index in [1.165, 1.54) is 6.92 Å². The van der Waals surface area contributed by atoms with E-state index in [4.69, 9.17) is 0 Å². The molecule has 0 saturated carbocycles. The van der Waals surface area contributed by atoms with Crippen LogP contribution in [-0.2, 0) is 23.9 Å². The van der Waals surface area contributed by atoms with Crippen LogP contribution < -0.4 is 5.32 Å². The maximum atomic E-state index is 14.0. The van der Waals surface area contributed by atoms with Gasteiger partial charge in [0, 0.05) is 6.42 Å². The standard InChI is InChI=1S/C10H14FNO5/c1-3-16-7(13)6-5-10(11,8(14)12-6)9(15)17-4-2/h6H,3-5H2,1-2H3,(H,12,14). The van der Waals surface area contributed by atoms with Gasteiger partial charge in [-0.2, -0.15) is 0 Å². The van der Waals surface area contributed by atoms with Crippen molar-refractivity contribution in [2.45, 2.75) is 32.0 Å². The fourth-order valence-electron chi connectivity index (χ4n) is 1.50. The van der Waals surface area contributed by atoms with Crippen LogP contribution in [0.1, 0.15) is 20.3 Å². The van der Waals surface area contributed by atoms with Crippen LogP contribution in [0.2, 0.25) is 0 Å². The molecule has 1 aliphatic rings. The van der Waals surface area contributed by atoms with E-state index >= 15 is 0 Å². The van der Waals surface area contributed by atoms with Crippen LogP contribution in [0.3, 0.4) is 0 Å². The highest BCUT2D eigenvalue weighted by Crippen LogP contribution is 2.27. The quantitative estimate of drug-likeness (QED) is 0.545. The monoisotopic (exact) mass is 247 g/mol. The smallest absolute Gasteiger partial charge is 0.353 e. The van der Waals surface area contributed by atoms with E-state index in [9.17, 15) is 18.8 Å². The Morgan fingerprint density at radius 3 is 2.53 bits per heavy atom. The molecule has 6 nitrogen and oxygen atoms in total. The summed E-state index contributed by atoms with van der Waals surface area (Å²) in [5, 5.41) is 2.08. The summed E-state index contributed by atoms with van der Waals surface area (Å²) in [5.41, 5.74) is -2.80. The van der Waals surface area contributed by atoms with Crippen molar-refractivity contribution in [2.24, 2.45) is 0 Å². The minimum absolute atomic E-state index is 0.0398. The van der Waals surface area contributed by atoms with E-state index < -0.39 is 36.0 Å². The van der Waals surface area contributed by atoms with Crippen LogP contribution in [-0.4, -0.2) is 42.8 Å². The molecule has 1 fully saturated rings. The Kier molecular flexibility index (Phi) is 4.03. The Hall–Kier alpha value is -1.66. The first-order valence-corrected chi connectivity index (χ1v) is 5.29. The van der Waals surface area contributed by atoms with Gasteiger partial charge in [-0.25, -0.2) is 14.0 Å². The molecule has 1 heterocycles. The summed E-state index contributed by atoms with van der Waals surface area (Å²) in [6.45, 7) is 3.16. The van der Waals surface area contributed by atoms with E-state index in [0.29, 0.717) is 0 Å².